The Morgan fingerprint density at radius 3 is 3.11 bits per heavy atom. The van der Waals surface area contributed by atoms with Gasteiger partial charge in [-0.1, -0.05) is 13.8 Å². The maximum absolute atomic E-state index is 11.7. The summed E-state index contributed by atoms with van der Waals surface area (Å²) in [6.45, 7) is 5.61. The number of aliphatic hydroxyl groups excluding tert-OH is 1. The zero-order chi connectivity index (χ0) is 13.8. The molecule has 1 amide bonds. The van der Waals surface area contributed by atoms with Crippen molar-refractivity contribution >= 4 is 5.91 Å². The first-order valence-corrected chi connectivity index (χ1v) is 7.20. The maximum atomic E-state index is 11.7. The van der Waals surface area contributed by atoms with E-state index in [0.717, 1.165) is 31.4 Å². The van der Waals surface area contributed by atoms with Gasteiger partial charge in [-0.25, -0.2) is 0 Å². The predicted octanol–water partition coefficient (Wildman–Crippen LogP) is 2.02. The highest BCUT2D eigenvalue weighted by molar-refractivity contribution is 5.75. The van der Waals surface area contributed by atoms with Crippen molar-refractivity contribution in [2.75, 3.05) is 6.54 Å². The zero-order valence-corrected chi connectivity index (χ0v) is 11.9. The van der Waals surface area contributed by atoms with Crippen LogP contribution in [-0.2, 0) is 17.8 Å². The first-order valence-electron chi connectivity index (χ1n) is 7.20. The Morgan fingerprint density at radius 2 is 2.37 bits per heavy atom. The second-order valence-corrected chi connectivity index (χ2v) is 5.77. The van der Waals surface area contributed by atoms with E-state index in [0.29, 0.717) is 18.9 Å². The number of rotatable bonds is 5. The minimum absolute atomic E-state index is 0.104. The SMILES string of the molecule is CC(C)CNC(=O)CCn1ccc2c1CCCC2O. The van der Waals surface area contributed by atoms with Gasteiger partial charge in [0.15, 0.2) is 0 Å². The Bertz CT molecular complexity index is 437. The first-order chi connectivity index (χ1) is 9.08. The van der Waals surface area contributed by atoms with Gasteiger partial charge in [0, 0.05) is 37.0 Å². The molecule has 1 unspecified atom stereocenters. The number of nitrogens with zero attached hydrogens (tertiary/aromatic N) is 1. The molecule has 0 radical (unpaired) electrons. The van der Waals surface area contributed by atoms with Gasteiger partial charge in [0.1, 0.15) is 0 Å². The molecule has 0 fully saturated rings. The Balaban J connectivity index is 1.88. The van der Waals surface area contributed by atoms with Crippen LogP contribution in [0.15, 0.2) is 12.3 Å². The summed E-state index contributed by atoms with van der Waals surface area (Å²) in [5.74, 6) is 0.589. The molecular formula is C15H24N2O2. The van der Waals surface area contributed by atoms with Crippen LogP contribution in [-0.4, -0.2) is 22.1 Å². The molecule has 0 spiro atoms. The summed E-state index contributed by atoms with van der Waals surface area (Å²) in [6.07, 6.45) is 5.06. The molecule has 106 valence electrons. The van der Waals surface area contributed by atoms with Gasteiger partial charge >= 0.3 is 0 Å². The van der Waals surface area contributed by atoms with Crippen molar-refractivity contribution in [2.24, 2.45) is 5.92 Å². The molecular weight excluding hydrogens is 240 g/mol. The molecule has 2 rings (SSSR count). The van der Waals surface area contributed by atoms with Crippen molar-refractivity contribution in [3.05, 3.63) is 23.5 Å². The monoisotopic (exact) mass is 264 g/mol. The van der Waals surface area contributed by atoms with E-state index in [-0.39, 0.29) is 12.0 Å². The zero-order valence-electron chi connectivity index (χ0n) is 11.9. The Hall–Kier alpha value is -1.29. The number of aromatic nitrogens is 1. The number of amides is 1. The molecule has 1 heterocycles. The van der Waals surface area contributed by atoms with Crippen LogP contribution in [0.4, 0.5) is 0 Å². The summed E-state index contributed by atoms with van der Waals surface area (Å²) in [7, 11) is 0. The van der Waals surface area contributed by atoms with Crippen molar-refractivity contribution in [1.29, 1.82) is 0 Å². The molecule has 1 aliphatic carbocycles. The third-order valence-corrected chi connectivity index (χ3v) is 3.65. The van der Waals surface area contributed by atoms with Crippen LogP contribution in [0, 0.1) is 5.92 Å². The van der Waals surface area contributed by atoms with E-state index in [9.17, 15) is 9.90 Å². The number of aliphatic hydroxyl groups is 1. The Labute approximate surface area is 114 Å². The van der Waals surface area contributed by atoms with E-state index >= 15 is 0 Å². The molecule has 1 aromatic heterocycles. The molecule has 0 aliphatic heterocycles. The lowest BCUT2D eigenvalue weighted by atomic mass is 9.95. The van der Waals surface area contributed by atoms with E-state index in [2.05, 4.69) is 23.7 Å². The summed E-state index contributed by atoms with van der Waals surface area (Å²) in [5, 5.41) is 12.8. The lowest BCUT2D eigenvalue weighted by molar-refractivity contribution is -0.121. The molecule has 1 aromatic rings. The van der Waals surface area contributed by atoms with Crippen molar-refractivity contribution in [3.8, 4) is 0 Å². The van der Waals surface area contributed by atoms with Crippen LogP contribution >= 0.6 is 0 Å². The van der Waals surface area contributed by atoms with Gasteiger partial charge in [-0.05, 0) is 31.2 Å². The van der Waals surface area contributed by atoms with Gasteiger partial charge in [0.25, 0.3) is 0 Å². The van der Waals surface area contributed by atoms with E-state index in [1.54, 1.807) is 0 Å². The van der Waals surface area contributed by atoms with Gasteiger partial charge in [-0.3, -0.25) is 4.79 Å². The largest absolute Gasteiger partial charge is 0.388 e. The Kier molecular flexibility index (Phi) is 4.64. The maximum Gasteiger partial charge on any atom is 0.221 e. The number of carbonyl (C=O) groups is 1. The Morgan fingerprint density at radius 1 is 1.58 bits per heavy atom. The highest BCUT2D eigenvalue weighted by Crippen LogP contribution is 2.30. The van der Waals surface area contributed by atoms with Crippen LogP contribution in [0.5, 0.6) is 0 Å². The summed E-state index contributed by atoms with van der Waals surface area (Å²) >= 11 is 0. The normalized spacial score (nSPS) is 18.4. The summed E-state index contributed by atoms with van der Waals surface area (Å²) < 4.78 is 2.12. The molecule has 4 heteroatoms. The lowest BCUT2D eigenvalue weighted by Gasteiger charge is -2.20. The van der Waals surface area contributed by atoms with Crippen molar-refractivity contribution in [3.63, 3.8) is 0 Å². The number of aryl methyl sites for hydroxylation is 1. The summed E-state index contributed by atoms with van der Waals surface area (Å²) in [6, 6.07) is 1.99. The second kappa shape index (κ2) is 6.24. The molecule has 1 atom stereocenters. The van der Waals surface area contributed by atoms with Crippen LogP contribution in [0.25, 0.3) is 0 Å². The summed E-state index contributed by atoms with van der Waals surface area (Å²) in [4.78, 5) is 11.7. The first kappa shape index (κ1) is 14.1. The number of fused-ring (bicyclic) bond motifs is 1. The van der Waals surface area contributed by atoms with E-state index < -0.39 is 0 Å². The average Bonchev–Trinajstić information content (AvgIpc) is 2.78. The van der Waals surface area contributed by atoms with Gasteiger partial charge in [-0.2, -0.15) is 0 Å². The minimum atomic E-state index is -0.320. The molecule has 0 saturated heterocycles. The molecule has 1 aliphatic rings. The van der Waals surface area contributed by atoms with Crippen molar-refractivity contribution in [2.45, 2.75) is 52.2 Å². The number of hydrogen-bond acceptors (Lipinski definition) is 2. The number of hydrogen-bond donors (Lipinski definition) is 2. The van der Waals surface area contributed by atoms with E-state index in [4.69, 9.17) is 0 Å². The van der Waals surface area contributed by atoms with Crippen LogP contribution < -0.4 is 5.32 Å². The molecule has 0 aromatic carbocycles. The fourth-order valence-corrected chi connectivity index (χ4v) is 2.57. The smallest absolute Gasteiger partial charge is 0.221 e. The molecule has 19 heavy (non-hydrogen) atoms. The molecule has 4 nitrogen and oxygen atoms in total. The van der Waals surface area contributed by atoms with E-state index in [1.165, 1.54) is 5.69 Å². The van der Waals surface area contributed by atoms with Crippen molar-refractivity contribution < 1.29 is 9.90 Å². The number of nitrogens with one attached hydrogen (secondary N) is 1. The van der Waals surface area contributed by atoms with Gasteiger partial charge in [-0.15, -0.1) is 0 Å². The molecule has 2 N–H and O–H groups in total. The second-order valence-electron chi connectivity index (χ2n) is 5.77. The van der Waals surface area contributed by atoms with Gasteiger partial charge in [0.2, 0.25) is 5.91 Å². The lowest BCUT2D eigenvalue weighted by Crippen LogP contribution is -2.28. The van der Waals surface area contributed by atoms with Crippen LogP contribution in [0.1, 0.15) is 50.5 Å². The summed E-state index contributed by atoms with van der Waals surface area (Å²) in [5.41, 5.74) is 2.25. The average molecular weight is 264 g/mol. The third kappa shape index (κ3) is 3.60. The topological polar surface area (TPSA) is 54.3 Å². The fraction of sp³-hybridized carbons (Fsp3) is 0.667. The quantitative estimate of drug-likeness (QED) is 0.855. The standard InChI is InChI=1S/C15H24N2O2/c1-11(2)10-16-15(19)7-9-17-8-6-12-13(17)4-3-5-14(12)18/h6,8,11,14,18H,3-5,7,9-10H2,1-2H3,(H,16,19). The molecule has 0 bridgehead atoms. The van der Waals surface area contributed by atoms with Crippen molar-refractivity contribution in [1.82, 2.24) is 9.88 Å². The van der Waals surface area contributed by atoms with E-state index in [1.807, 2.05) is 12.3 Å². The predicted molar refractivity (Wildman–Crippen MR) is 74.8 cm³/mol. The fourth-order valence-electron chi connectivity index (χ4n) is 2.57. The van der Waals surface area contributed by atoms with Gasteiger partial charge < -0.3 is 15.0 Å². The van der Waals surface area contributed by atoms with Crippen LogP contribution in [0.2, 0.25) is 0 Å². The van der Waals surface area contributed by atoms with Crippen LogP contribution in [0.3, 0.4) is 0 Å². The van der Waals surface area contributed by atoms with Gasteiger partial charge in [0.05, 0.1) is 6.10 Å². The number of carbonyl (C=O) groups excluding carboxylic acids is 1. The minimum Gasteiger partial charge on any atom is -0.388 e. The highest BCUT2D eigenvalue weighted by Gasteiger charge is 2.21. The highest BCUT2D eigenvalue weighted by atomic mass is 16.3. The third-order valence-electron chi connectivity index (χ3n) is 3.65. The molecule has 0 saturated carbocycles.